The molecule has 1 aromatic rings. The molecule has 1 aromatic heterocycles. The molecular formula is C13H19N3O3. The topological polar surface area (TPSA) is 75.2 Å². The summed E-state index contributed by atoms with van der Waals surface area (Å²) in [6.45, 7) is 5.96. The first-order valence-electron chi connectivity index (χ1n) is 6.62. The van der Waals surface area contributed by atoms with E-state index in [2.05, 4.69) is 16.8 Å². The van der Waals surface area contributed by atoms with E-state index in [0.717, 1.165) is 25.9 Å². The van der Waals surface area contributed by atoms with Crippen molar-refractivity contribution in [1.29, 1.82) is 0 Å². The van der Waals surface area contributed by atoms with Gasteiger partial charge in [-0.1, -0.05) is 6.92 Å². The van der Waals surface area contributed by atoms with Crippen LogP contribution in [0.2, 0.25) is 0 Å². The number of ketones is 1. The maximum atomic E-state index is 12.2. The van der Waals surface area contributed by atoms with Crippen LogP contribution in [0.3, 0.4) is 0 Å². The van der Waals surface area contributed by atoms with Crippen LogP contribution < -0.4 is 11.2 Å². The molecule has 1 atom stereocenters. The fourth-order valence-corrected chi connectivity index (χ4v) is 2.60. The van der Waals surface area contributed by atoms with E-state index in [1.165, 1.54) is 17.7 Å². The number of hydrogen-bond acceptors (Lipinski definition) is 4. The summed E-state index contributed by atoms with van der Waals surface area (Å²) in [6, 6.07) is -0.149. The van der Waals surface area contributed by atoms with Crippen LogP contribution in [-0.2, 0) is 0 Å². The number of nitrogens with one attached hydrogen (secondary N) is 1. The molecule has 6 nitrogen and oxygen atoms in total. The molecule has 1 aliphatic rings. The highest BCUT2D eigenvalue weighted by molar-refractivity contribution is 5.93. The summed E-state index contributed by atoms with van der Waals surface area (Å²) < 4.78 is 1.21. The average molecular weight is 265 g/mol. The van der Waals surface area contributed by atoms with E-state index in [1.807, 2.05) is 0 Å². The largest absolute Gasteiger partial charge is 0.328 e. The monoisotopic (exact) mass is 265 g/mol. The number of carbonyl (C=O) groups excluding carboxylic acids is 1. The number of Topliss-reactive ketones (excluding diaryl/α,β-unsaturated/α-hetero) is 1. The van der Waals surface area contributed by atoms with E-state index < -0.39 is 11.2 Å². The second-order valence-corrected chi connectivity index (χ2v) is 4.93. The third-order valence-corrected chi connectivity index (χ3v) is 3.68. The Bertz CT molecular complexity index is 588. The molecule has 1 N–H and O–H groups in total. The normalized spacial score (nSPS) is 20.4. The first kappa shape index (κ1) is 13.7. The Balaban J connectivity index is 2.44. The Morgan fingerprint density at radius 1 is 1.47 bits per heavy atom. The third-order valence-electron chi connectivity index (χ3n) is 3.68. The Labute approximate surface area is 111 Å². The molecule has 0 bridgehead atoms. The smallest absolute Gasteiger partial charge is 0.313 e. The number of aromatic nitrogens is 2. The molecule has 1 aliphatic heterocycles. The van der Waals surface area contributed by atoms with Gasteiger partial charge in [0.15, 0.2) is 5.78 Å². The minimum Gasteiger partial charge on any atom is -0.313 e. The van der Waals surface area contributed by atoms with Crippen molar-refractivity contribution in [3.05, 3.63) is 32.6 Å². The van der Waals surface area contributed by atoms with Crippen molar-refractivity contribution in [2.24, 2.45) is 0 Å². The number of carbonyl (C=O) groups is 1. The quantitative estimate of drug-likeness (QED) is 0.802. The number of H-pyrrole nitrogens is 1. The summed E-state index contributed by atoms with van der Waals surface area (Å²) in [4.78, 5) is 40.2. The highest BCUT2D eigenvalue weighted by Crippen LogP contribution is 2.18. The lowest BCUT2D eigenvalue weighted by atomic mass is 10.1. The third kappa shape index (κ3) is 2.68. The van der Waals surface area contributed by atoms with E-state index in [-0.39, 0.29) is 17.4 Å². The van der Waals surface area contributed by atoms with Crippen LogP contribution in [0, 0.1) is 0 Å². The number of nitrogens with zero attached hydrogens (tertiary/aromatic N) is 2. The maximum absolute atomic E-state index is 12.2. The van der Waals surface area contributed by atoms with Gasteiger partial charge < -0.3 is 9.88 Å². The van der Waals surface area contributed by atoms with Crippen LogP contribution in [-0.4, -0.2) is 39.9 Å². The van der Waals surface area contributed by atoms with Gasteiger partial charge in [0, 0.05) is 12.7 Å². The molecule has 0 aromatic carbocycles. The molecule has 0 aliphatic carbocycles. The summed E-state index contributed by atoms with van der Waals surface area (Å²) in [6.07, 6.45) is 2.96. The zero-order valence-corrected chi connectivity index (χ0v) is 11.3. The number of piperidine rings is 1. The van der Waals surface area contributed by atoms with Crippen LogP contribution in [0.15, 0.2) is 15.8 Å². The van der Waals surface area contributed by atoms with Crippen LogP contribution in [0.25, 0.3) is 0 Å². The number of likely N-dealkylation sites (tertiary alicyclic amines) is 1. The highest BCUT2D eigenvalue weighted by Gasteiger charge is 2.24. The Hall–Kier alpha value is -1.69. The summed E-state index contributed by atoms with van der Waals surface area (Å²) in [7, 11) is 0. The molecule has 2 rings (SSSR count). The minimum absolute atomic E-state index is 0.0493. The van der Waals surface area contributed by atoms with Crippen molar-refractivity contribution < 1.29 is 4.79 Å². The van der Waals surface area contributed by atoms with E-state index in [0.29, 0.717) is 6.54 Å². The Morgan fingerprint density at radius 2 is 2.21 bits per heavy atom. The van der Waals surface area contributed by atoms with Crippen molar-refractivity contribution >= 4 is 5.78 Å². The lowest BCUT2D eigenvalue weighted by Gasteiger charge is -2.32. The number of rotatable bonds is 3. The number of aromatic amines is 1. The lowest BCUT2D eigenvalue weighted by molar-refractivity contribution is 0.101. The van der Waals surface area contributed by atoms with Gasteiger partial charge in [-0.05, 0) is 32.9 Å². The molecule has 1 unspecified atom stereocenters. The van der Waals surface area contributed by atoms with Crippen molar-refractivity contribution in [3.8, 4) is 0 Å². The van der Waals surface area contributed by atoms with Crippen molar-refractivity contribution in [2.45, 2.75) is 32.7 Å². The van der Waals surface area contributed by atoms with E-state index in [4.69, 9.17) is 0 Å². The number of hydrogen-bond donors (Lipinski definition) is 1. The second kappa shape index (κ2) is 5.52. The van der Waals surface area contributed by atoms with E-state index >= 15 is 0 Å². The molecule has 6 heteroatoms. The lowest BCUT2D eigenvalue weighted by Crippen LogP contribution is -2.46. The van der Waals surface area contributed by atoms with Gasteiger partial charge in [-0.15, -0.1) is 0 Å². The van der Waals surface area contributed by atoms with Crippen LogP contribution in [0.1, 0.15) is 43.1 Å². The fraction of sp³-hybridized carbons (Fsp3) is 0.615. The van der Waals surface area contributed by atoms with Gasteiger partial charge in [0.25, 0.3) is 5.56 Å². The molecule has 0 amide bonds. The molecule has 104 valence electrons. The summed E-state index contributed by atoms with van der Waals surface area (Å²) >= 11 is 0. The first-order valence-corrected chi connectivity index (χ1v) is 6.62. The van der Waals surface area contributed by atoms with E-state index in [9.17, 15) is 14.4 Å². The van der Waals surface area contributed by atoms with Gasteiger partial charge in [-0.2, -0.15) is 0 Å². The zero-order valence-electron chi connectivity index (χ0n) is 11.3. The standard InChI is InChI=1S/C13H19N3O3/c1-3-15-6-4-5-10(8-15)16-12(18)11(9(2)17)7-14-13(16)19/h7,10H,3-6,8H2,1-2H3,(H,14,19). The molecule has 0 spiro atoms. The molecule has 0 radical (unpaired) electrons. The van der Waals surface area contributed by atoms with E-state index in [1.54, 1.807) is 0 Å². The summed E-state index contributed by atoms with van der Waals surface area (Å²) in [5.41, 5.74) is -0.856. The fourth-order valence-electron chi connectivity index (χ4n) is 2.60. The van der Waals surface area contributed by atoms with Gasteiger partial charge >= 0.3 is 5.69 Å². The minimum atomic E-state index is -0.473. The van der Waals surface area contributed by atoms with Gasteiger partial charge in [0.05, 0.1) is 11.6 Å². The van der Waals surface area contributed by atoms with Gasteiger partial charge in [-0.3, -0.25) is 14.2 Å². The van der Waals surface area contributed by atoms with Crippen molar-refractivity contribution in [1.82, 2.24) is 14.5 Å². The average Bonchev–Trinajstić information content (AvgIpc) is 2.38. The molecule has 19 heavy (non-hydrogen) atoms. The van der Waals surface area contributed by atoms with Crippen LogP contribution in [0.5, 0.6) is 0 Å². The second-order valence-electron chi connectivity index (χ2n) is 4.93. The molecule has 1 saturated heterocycles. The van der Waals surface area contributed by atoms with Gasteiger partial charge in [0.1, 0.15) is 0 Å². The maximum Gasteiger partial charge on any atom is 0.328 e. The summed E-state index contributed by atoms with van der Waals surface area (Å²) in [5, 5.41) is 0. The molecule has 1 fully saturated rings. The van der Waals surface area contributed by atoms with Crippen molar-refractivity contribution in [2.75, 3.05) is 19.6 Å². The Kier molecular flexibility index (Phi) is 3.99. The predicted molar refractivity (Wildman–Crippen MR) is 71.7 cm³/mol. The van der Waals surface area contributed by atoms with Gasteiger partial charge in [0.2, 0.25) is 0 Å². The SMILES string of the molecule is CCN1CCCC(n2c(=O)[nH]cc(C(C)=O)c2=O)C1. The molecular weight excluding hydrogens is 246 g/mol. The first-order chi connectivity index (χ1) is 9.04. The zero-order chi connectivity index (χ0) is 14.0. The molecule has 0 saturated carbocycles. The van der Waals surface area contributed by atoms with Crippen LogP contribution >= 0.6 is 0 Å². The van der Waals surface area contributed by atoms with Crippen LogP contribution in [0.4, 0.5) is 0 Å². The molecule has 2 heterocycles. The Morgan fingerprint density at radius 3 is 2.84 bits per heavy atom. The van der Waals surface area contributed by atoms with Crippen molar-refractivity contribution in [3.63, 3.8) is 0 Å². The predicted octanol–water partition coefficient (Wildman–Crippen LogP) is 0.396. The number of likely N-dealkylation sites (N-methyl/N-ethyl adjacent to an activating group) is 1. The van der Waals surface area contributed by atoms with Gasteiger partial charge in [-0.25, -0.2) is 4.79 Å². The highest BCUT2D eigenvalue weighted by atomic mass is 16.2. The summed E-state index contributed by atoms with van der Waals surface area (Å²) in [5.74, 6) is -0.321.